The number of hydrogen-bond donors (Lipinski definition) is 0. The van der Waals surface area contributed by atoms with E-state index in [0.717, 1.165) is 11.1 Å². The molecule has 1 aliphatic rings. The summed E-state index contributed by atoms with van der Waals surface area (Å²) in [5.74, 6) is -0.362. The Morgan fingerprint density at radius 2 is 1.56 bits per heavy atom. The minimum atomic E-state index is -0.808. The van der Waals surface area contributed by atoms with E-state index in [1.807, 2.05) is 82.3 Å². The molecule has 0 saturated carbocycles. The molecular weight excluding hydrogens is 400 g/mol. The molecule has 0 aliphatic carbocycles. The maximum Gasteiger partial charge on any atom is 0.257 e. The van der Waals surface area contributed by atoms with Gasteiger partial charge in [0.05, 0.1) is 18.2 Å². The zero-order valence-corrected chi connectivity index (χ0v) is 20.0. The molecule has 0 radical (unpaired) electrons. The van der Waals surface area contributed by atoms with Crippen LogP contribution in [-0.4, -0.2) is 28.7 Å². The molecular formula is C27H34N2O3. The number of rotatable bonds is 6. The van der Waals surface area contributed by atoms with Crippen molar-refractivity contribution in [3.8, 4) is 0 Å². The van der Waals surface area contributed by atoms with E-state index in [9.17, 15) is 14.4 Å². The van der Waals surface area contributed by atoms with E-state index < -0.39 is 6.04 Å². The Hall–Kier alpha value is -2.95. The van der Waals surface area contributed by atoms with E-state index in [4.69, 9.17) is 0 Å². The first-order chi connectivity index (χ1) is 15.0. The molecule has 0 N–H and O–H groups in total. The van der Waals surface area contributed by atoms with Gasteiger partial charge >= 0.3 is 0 Å². The quantitative estimate of drug-likeness (QED) is 0.567. The van der Waals surface area contributed by atoms with E-state index in [1.165, 1.54) is 4.90 Å². The molecule has 3 amide bonds. The van der Waals surface area contributed by atoms with Gasteiger partial charge in [-0.1, -0.05) is 77.1 Å². The molecule has 5 heteroatoms. The lowest BCUT2D eigenvalue weighted by atomic mass is 9.90. The molecule has 0 aromatic heterocycles. The molecule has 1 fully saturated rings. The Kier molecular flexibility index (Phi) is 6.87. The zero-order chi connectivity index (χ0) is 23.6. The number of imide groups is 1. The molecule has 32 heavy (non-hydrogen) atoms. The third kappa shape index (κ3) is 5.09. The highest BCUT2D eigenvalue weighted by molar-refractivity contribution is 6.23. The van der Waals surface area contributed by atoms with E-state index in [1.54, 1.807) is 4.90 Å². The molecule has 170 valence electrons. The number of carbonyl (C=O) groups excluding carboxylic acids is 3. The number of nitrogens with zero attached hydrogens (tertiary/aromatic N) is 2. The smallest absolute Gasteiger partial charge is 0.257 e. The summed E-state index contributed by atoms with van der Waals surface area (Å²) in [4.78, 5) is 42.7. The summed E-state index contributed by atoms with van der Waals surface area (Å²) in [5, 5.41) is 0. The normalized spacial score (nSPS) is 17.7. The van der Waals surface area contributed by atoms with Gasteiger partial charge in [-0.25, -0.2) is 4.90 Å². The van der Waals surface area contributed by atoms with Crippen molar-refractivity contribution in [3.05, 3.63) is 65.7 Å². The fourth-order valence-corrected chi connectivity index (χ4v) is 4.21. The minimum Gasteiger partial charge on any atom is -0.323 e. The van der Waals surface area contributed by atoms with Gasteiger partial charge in [-0.2, -0.15) is 0 Å². The first kappa shape index (κ1) is 23.7. The lowest BCUT2D eigenvalue weighted by Crippen LogP contribution is -2.47. The Morgan fingerprint density at radius 3 is 2.09 bits per heavy atom. The van der Waals surface area contributed by atoms with E-state index in [0.29, 0.717) is 18.0 Å². The highest BCUT2D eigenvalue weighted by Crippen LogP contribution is 2.34. The first-order valence-electron chi connectivity index (χ1n) is 11.3. The molecule has 2 atom stereocenters. The maximum absolute atomic E-state index is 13.5. The summed E-state index contributed by atoms with van der Waals surface area (Å²) in [5.41, 5.74) is 2.41. The van der Waals surface area contributed by atoms with Crippen LogP contribution in [0.25, 0.3) is 0 Å². The fraction of sp³-hybridized carbons (Fsp3) is 0.444. The summed E-state index contributed by atoms with van der Waals surface area (Å²) < 4.78 is 0. The number of benzene rings is 2. The van der Waals surface area contributed by atoms with Crippen LogP contribution in [0.15, 0.2) is 54.6 Å². The van der Waals surface area contributed by atoms with Crippen LogP contribution in [0.1, 0.15) is 77.5 Å². The van der Waals surface area contributed by atoms with E-state index in [-0.39, 0.29) is 35.6 Å². The maximum atomic E-state index is 13.5. The third-order valence-corrected chi connectivity index (χ3v) is 5.95. The molecule has 1 saturated heterocycles. The number of hydrogen-bond acceptors (Lipinski definition) is 3. The highest BCUT2D eigenvalue weighted by Gasteiger charge is 2.46. The van der Waals surface area contributed by atoms with Crippen LogP contribution in [0.3, 0.4) is 0 Å². The van der Waals surface area contributed by atoms with Crippen molar-refractivity contribution in [2.75, 3.05) is 4.90 Å². The molecule has 5 nitrogen and oxygen atoms in total. The average Bonchev–Trinajstić information content (AvgIpc) is 3.01. The van der Waals surface area contributed by atoms with Gasteiger partial charge in [-0.3, -0.25) is 14.4 Å². The van der Waals surface area contributed by atoms with Gasteiger partial charge in [0, 0.05) is 6.42 Å². The van der Waals surface area contributed by atoms with Gasteiger partial charge in [0.25, 0.3) is 5.91 Å². The molecule has 1 aliphatic heterocycles. The average molecular weight is 435 g/mol. The van der Waals surface area contributed by atoms with Crippen molar-refractivity contribution in [2.45, 2.75) is 72.4 Å². The fourth-order valence-electron chi connectivity index (χ4n) is 4.21. The molecule has 0 bridgehead atoms. The summed E-state index contributed by atoms with van der Waals surface area (Å²) in [6.45, 7) is 12.1. The minimum absolute atomic E-state index is 0.00216. The third-order valence-electron chi connectivity index (χ3n) is 5.95. The van der Waals surface area contributed by atoms with Crippen LogP contribution in [0.2, 0.25) is 0 Å². The van der Waals surface area contributed by atoms with E-state index >= 15 is 0 Å². The van der Waals surface area contributed by atoms with Gasteiger partial charge in [0.2, 0.25) is 11.8 Å². The second-order valence-corrected chi connectivity index (χ2v) is 10.2. The molecule has 2 aromatic carbocycles. The zero-order valence-electron chi connectivity index (χ0n) is 20.0. The van der Waals surface area contributed by atoms with Crippen molar-refractivity contribution in [1.82, 2.24) is 4.90 Å². The Balaban J connectivity index is 1.95. The lowest BCUT2D eigenvalue weighted by molar-refractivity contribution is -0.142. The standard InChI is InChI=1S/C27H34N2O3/c1-18(2)20-12-14-22(15-13-20)29-24(30)16-23(26(29)32)28(25(31)17-27(4,5)6)19(3)21-10-8-7-9-11-21/h7-15,18-19,23H,16-17H2,1-6H3. The Bertz CT molecular complexity index is 974. The molecule has 3 rings (SSSR count). The molecule has 2 aromatic rings. The topological polar surface area (TPSA) is 57.7 Å². The van der Waals surface area contributed by atoms with Gasteiger partial charge < -0.3 is 4.90 Å². The van der Waals surface area contributed by atoms with Crippen molar-refractivity contribution in [3.63, 3.8) is 0 Å². The highest BCUT2D eigenvalue weighted by atomic mass is 16.2. The van der Waals surface area contributed by atoms with Crippen molar-refractivity contribution in [2.24, 2.45) is 5.41 Å². The van der Waals surface area contributed by atoms with Crippen LogP contribution in [-0.2, 0) is 14.4 Å². The molecule has 1 heterocycles. The Labute approximate surface area is 191 Å². The van der Waals surface area contributed by atoms with Gasteiger partial charge in [-0.05, 0) is 41.5 Å². The molecule has 0 spiro atoms. The van der Waals surface area contributed by atoms with Crippen molar-refractivity contribution >= 4 is 23.4 Å². The van der Waals surface area contributed by atoms with Gasteiger partial charge in [-0.15, -0.1) is 0 Å². The number of amides is 3. The van der Waals surface area contributed by atoms with E-state index in [2.05, 4.69) is 13.8 Å². The van der Waals surface area contributed by atoms with Crippen LogP contribution < -0.4 is 4.90 Å². The second kappa shape index (κ2) is 9.27. The number of anilines is 1. The first-order valence-corrected chi connectivity index (χ1v) is 11.3. The van der Waals surface area contributed by atoms with Crippen LogP contribution in [0, 0.1) is 5.41 Å². The predicted molar refractivity (Wildman–Crippen MR) is 127 cm³/mol. The van der Waals surface area contributed by atoms with Gasteiger partial charge in [0.1, 0.15) is 6.04 Å². The van der Waals surface area contributed by atoms with Crippen molar-refractivity contribution < 1.29 is 14.4 Å². The van der Waals surface area contributed by atoms with Crippen LogP contribution >= 0.6 is 0 Å². The van der Waals surface area contributed by atoms with Gasteiger partial charge in [0.15, 0.2) is 0 Å². The second-order valence-electron chi connectivity index (χ2n) is 10.2. The monoisotopic (exact) mass is 434 g/mol. The molecule has 2 unspecified atom stereocenters. The predicted octanol–water partition coefficient (Wildman–Crippen LogP) is 5.47. The van der Waals surface area contributed by atoms with Crippen molar-refractivity contribution in [1.29, 1.82) is 0 Å². The SMILES string of the molecule is CC(C)c1ccc(N2C(=O)CC(N(C(=O)CC(C)(C)C)C(C)c3ccccc3)C2=O)cc1. The summed E-state index contributed by atoms with van der Waals surface area (Å²) in [7, 11) is 0. The summed E-state index contributed by atoms with van der Waals surface area (Å²) in [6, 6.07) is 16.1. The van der Waals surface area contributed by atoms with Crippen LogP contribution in [0.5, 0.6) is 0 Å². The number of carbonyl (C=O) groups is 3. The summed E-state index contributed by atoms with van der Waals surface area (Å²) in [6.07, 6.45) is 0.295. The Morgan fingerprint density at radius 1 is 0.969 bits per heavy atom. The van der Waals surface area contributed by atoms with Crippen LogP contribution in [0.4, 0.5) is 5.69 Å². The lowest BCUT2D eigenvalue weighted by Gasteiger charge is -2.35. The summed E-state index contributed by atoms with van der Waals surface area (Å²) >= 11 is 0. The largest absolute Gasteiger partial charge is 0.323 e.